The van der Waals surface area contributed by atoms with E-state index in [1.54, 1.807) is 18.2 Å². The fraction of sp³-hybridized carbons (Fsp3) is 0.455. The molecule has 0 saturated carbocycles. The van der Waals surface area contributed by atoms with Gasteiger partial charge in [-0.3, -0.25) is 0 Å². The Balaban J connectivity index is 2.78. The average Bonchev–Trinajstić information content (AvgIpc) is 2.16. The molecule has 0 aliphatic carbocycles. The van der Waals surface area contributed by atoms with E-state index in [0.717, 1.165) is 5.75 Å². The molecule has 0 heterocycles. The van der Waals surface area contributed by atoms with E-state index >= 15 is 0 Å². The zero-order valence-electron chi connectivity index (χ0n) is 10.3. The molecule has 3 nitrogen and oxygen atoms in total. The van der Waals surface area contributed by atoms with Crippen molar-refractivity contribution < 1.29 is 14.5 Å². The molecule has 0 fully saturated rings. The Morgan fingerprint density at radius 1 is 1.25 bits per heavy atom. The molecule has 0 radical (unpaired) electrons. The third kappa shape index (κ3) is 3.66. The fourth-order valence-electron chi connectivity index (χ4n) is 1.13. The molecule has 88 valence electrons. The molecule has 0 saturated heterocycles. The van der Waals surface area contributed by atoms with Gasteiger partial charge in [0.25, 0.3) is 0 Å². The molecule has 0 spiro atoms. The van der Waals surface area contributed by atoms with Gasteiger partial charge in [-0.15, -0.1) is 0 Å². The summed E-state index contributed by atoms with van der Waals surface area (Å²) in [5.41, 5.74) is 0.465. The highest BCUT2D eigenvalue weighted by atomic mass is 28.3. The van der Waals surface area contributed by atoms with Gasteiger partial charge in [-0.2, -0.15) is 0 Å². The van der Waals surface area contributed by atoms with Crippen LogP contribution in [0.25, 0.3) is 0 Å². The molecule has 1 atom stereocenters. The fourth-order valence-corrected chi connectivity index (χ4v) is 2.04. The van der Waals surface area contributed by atoms with Gasteiger partial charge in [-0.25, -0.2) is 0 Å². The number of rotatable bonds is 3. The number of hydrogen-bond donors (Lipinski definition) is 2. The van der Waals surface area contributed by atoms with Crippen LogP contribution in [0.4, 0.5) is 0 Å². The van der Waals surface area contributed by atoms with Crippen molar-refractivity contribution in [1.82, 2.24) is 0 Å². The minimum Gasteiger partial charge on any atom is -0.546 e. The normalized spacial score (nSPS) is 13.4. The van der Waals surface area contributed by atoms with E-state index < -0.39 is 16.2 Å². The minimum atomic E-state index is -1.44. The predicted molar refractivity (Wildman–Crippen MR) is 69.6 cm³/mol. The third-order valence-corrected chi connectivity index (χ3v) is 5.75. The summed E-state index contributed by atoms with van der Waals surface area (Å²) >= 11 is 0. The van der Waals surface area contributed by atoms with E-state index in [2.05, 4.69) is 27.3 Å². The summed E-state index contributed by atoms with van der Waals surface area (Å²) in [6.07, 6.45) is 0. The maximum Gasteiger partial charge on any atom is 0.488 e. The quantitative estimate of drug-likeness (QED) is 0.769. The van der Waals surface area contributed by atoms with Crippen molar-refractivity contribution >= 4 is 21.6 Å². The van der Waals surface area contributed by atoms with Crippen molar-refractivity contribution in [2.75, 3.05) is 0 Å². The molecule has 1 unspecified atom stereocenters. The molecule has 5 heteroatoms. The molecule has 0 amide bonds. The topological polar surface area (TPSA) is 49.7 Å². The zero-order chi connectivity index (χ0) is 12.3. The average molecular weight is 238 g/mol. The Bertz CT molecular complexity index is 349. The first-order chi connectivity index (χ1) is 7.30. The highest BCUT2D eigenvalue weighted by molar-refractivity contribution is 6.58. The summed E-state index contributed by atoms with van der Waals surface area (Å²) in [4.78, 5) is 0. The van der Waals surface area contributed by atoms with E-state index in [9.17, 15) is 0 Å². The van der Waals surface area contributed by atoms with Crippen LogP contribution in [-0.4, -0.2) is 26.2 Å². The molecule has 1 rings (SSSR count). The second kappa shape index (κ2) is 5.03. The van der Waals surface area contributed by atoms with Gasteiger partial charge in [-0.1, -0.05) is 32.9 Å². The van der Waals surface area contributed by atoms with E-state index in [4.69, 9.17) is 14.5 Å². The molecule has 1 aromatic carbocycles. The van der Waals surface area contributed by atoms with Gasteiger partial charge in [0, 0.05) is 0 Å². The van der Waals surface area contributed by atoms with Crippen LogP contribution in [0.15, 0.2) is 24.3 Å². The second-order valence-corrected chi connectivity index (χ2v) is 8.32. The van der Waals surface area contributed by atoms with Crippen LogP contribution in [-0.2, 0) is 0 Å². The lowest BCUT2D eigenvalue weighted by Gasteiger charge is -2.26. The van der Waals surface area contributed by atoms with Crippen molar-refractivity contribution in [2.45, 2.75) is 32.4 Å². The Morgan fingerprint density at radius 3 is 2.38 bits per heavy atom. The molecule has 0 aromatic heterocycles. The van der Waals surface area contributed by atoms with Gasteiger partial charge in [0.05, 0.1) is 0 Å². The van der Waals surface area contributed by atoms with Crippen LogP contribution >= 0.6 is 0 Å². The lowest BCUT2D eigenvalue weighted by Crippen LogP contribution is -2.32. The molecule has 2 N–H and O–H groups in total. The van der Waals surface area contributed by atoms with Gasteiger partial charge in [0.1, 0.15) is 5.75 Å². The first kappa shape index (κ1) is 13.3. The van der Waals surface area contributed by atoms with Crippen molar-refractivity contribution in [3.8, 4) is 5.75 Å². The van der Waals surface area contributed by atoms with Crippen molar-refractivity contribution in [3.05, 3.63) is 24.3 Å². The monoisotopic (exact) mass is 238 g/mol. The van der Waals surface area contributed by atoms with Crippen LogP contribution in [0, 0.1) is 0 Å². The molecule has 1 aromatic rings. The molecule has 0 bridgehead atoms. The lowest BCUT2D eigenvalue weighted by molar-refractivity contribution is 0.425. The largest absolute Gasteiger partial charge is 0.546 e. The Hall–Kier alpha value is -0.778. The van der Waals surface area contributed by atoms with Crippen LogP contribution < -0.4 is 9.89 Å². The summed E-state index contributed by atoms with van der Waals surface area (Å²) in [6, 6.07) is 6.97. The highest BCUT2D eigenvalue weighted by Gasteiger charge is 2.24. The molecule has 16 heavy (non-hydrogen) atoms. The van der Waals surface area contributed by atoms with Gasteiger partial charge < -0.3 is 14.5 Å². The molecular formula is C11H19BO3Si. The molecule has 0 aliphatic heterocycles. The van der Waals surface area contributed by atoms with Gasteiger partial charge >= 0.3 is 7.12 Å². The van der Waals surface area contributed by atoms with Crippen molar-refractivity contribution in [3.63, 3.8) is 0 Å². The standard InChI is InChI=1S/C11H19BO3Si/c1-11(2,3)16(4)15-10-7-5-6-9(8-10)12(13)14/h5-8,13-14,16H,1-4H3. The molecular weight excluding hydrogens is 219 g/mol. The number of benzene rings is 1. The highest BCUT2D eigenvalue weighted by Crippen LogP contribution is 2.28. The predicted octanol–water partition coefficient (Wildman–Crippen LogP) is 0.899. The van der Waals surface area contributed by atoms with E-state index in [0.29, 0.717) is 5.46 Å². The summed E-state index contributed by atoms with van der Waals surface area (Å²) in [5.74, 6) is 0.722. The van der Waals surface area contributed by atoms with E-state index in [-0.39, 0.29) is 5.04 Å². The first-order valence-corrected chi connectivity index (χ1v) is 7.64. The lowest BCUT2D eigenvalue weighted by atomic mass is 9.80. The Morgan fingerprint density at radius 2 is 1.88 bits per heavy atom. The Labute approximate surface area is 99.0 Å². The Kier molecular flexibility index (Phi) is 4.18. The van der Waals surface area contributed by atoms with E-state index in [1.165, 1.54) is 0 Å². The second-order valence-electron chi connectivity index (χ2n) is 5.07. The minimum absolute atomic E-state index is 0.188. The summed E-state index contributed by atoms with van der Waals surface area (Å²) in [7, 11) is -2.77. The van der Waals surface area contributed by atoms with Gasteiger partial charge in [-0.05, 0) is 29.2 Å². The maximum atomic E-state index is 9.05. The van der Waals surface area contributed by atoms with Crippen LogP contribution in [0.2, 0.25) is 11.6 Å². The van der Waals surface area contributed by atoms with Crippen LogP contribution in [0.5, 0.6) is 5.75 Å². The van der Waals surface area contributed by atoms with Crippen molar-refractivity contribution in [1.29, 1.82) is 0 Å². The SMILES string of the molecule is C[SiH](Oc1cccc(B(O)O)c1)C(C)(C)C. The third-order valence-electron chi connectivity index (χ3n) is 2.69. The van der Waals surface area contributed by atoms with Gasteiger partial charge in [0.15, 0.2) is 0 Å². The first-order valence-electron chi connectivity index (χ1n) is 5.43. The van der Waals surface area contributed by atoms with Gasteiger partial charge in [0.2, 0.25) is 9.04 Å². The smallest absolute Gasteiger partial charge is 0.488 e. The summed E-state index contributed by atoms with van der Waals surface area (Å²) in [6.45, 7) is 8.62. The zero-order valence-corrected chi connectivity index (χ0v) is 11.4. The van der Waals surface area contributed by atoms with Crippen LogP contribution in [0.1, 0.15) is 20.8 Å². The maximum absolute atomic E-state index is 9.05. The molecule has 0 aliphatic rings. The number of hydrogen-bond acceptors (Lipinski definition) is 3. The van der Waals surface area contributed by atoms with Crippen molar-refractivity contribution in [2.24, 2.45) is 0 Å². The summed E-state index contributed by atoms with van der Waals surface area (Å²) in [5, 5.41) is 18.3. The van der Waals surface area contributed by atoms with Crippen LogP contribution in [0.3, 0.4) is 0 Å². The summed E-state index contributed by atoms with van der Waals surface area (Å²) < 4.78 is 5.89. The van der Waals surface area contributed by atoms with E-state index in [1.807, 2.05) is 6.07 Å².